The largest absolute Gasteiger partial charge is 1.00 e. The maximum Gasteiger partial charge on any atom is 1.00 e. The summed E-state index contributed by atoms with van der Waals surface area (Å²) in [5.74, 6) is -0.727. The Morgan fingerprint density at radius 3 is 1.80 bits per heavy atom. The van der Waals surface area contributed by atoms with E-state index in [-0.39, 0.29) is 37.0 Å². The van der Waals surface area contributed by atoms with Gasteiger partial charge in [-0.2, -0.15) is 0 Å². The quantitative estimate of drug-likeness (QED) is 0.413. The first kappa shape index (κ1) is 22.7. The molecule has 0 aromatic heterocycles. The molecule has 0 saturated heterocycles. The van der Waals surface area contributed by atoms with E-state index in [4.69, 9.17) is 5.11 Å². The van der Waals surface area contributed by atoms with E-state index in [2.05, 4.69) is 6.92 Å². The van der Waals surface area contributed by atoms with Crippen molar-refractivity contribution in [2.75, 3.05) is 13.6 Å². The molecule has 1 atom stereocenters. The first-order valence-electron chi connectivity index (χ1n) is 8.02. The molecule has 0 rings (SSSR count). The summed E-state index contributed by atoms with van der Waals surface area (Å²) in [6.07, 6.45) is 13.2. The summed E-state index contributed by atoms with van der Waals surface area (Å²) in [5, 5.41) is 8.87. The van der Waals surface area contributed by atoms with E-state index in [1.807, 2.05) is 11.9 Å². The van der Waals surface area contributed by atoms with Crippen LogP contribution in [0.5, 0.6) is 0 Å². The van der Waals surface area contributed by atoms with Crippen LogP contribution in [-0.4, -0.2) is 35.6 Å². The van der Waals surface area contributed by atoms with E-state index in [9.17, 15) is 4.79 Å². The SMILES string of the molecule is CCCCCCCCCCCCN(C)C(C)C(=O)O.[H-].[Na+]. The van der Waals surface area contributed by atoms with Gasteiger partial charge in [0.2, 0.25) is 0 Å². The number of carboxylic acid groups (broad SMARTS) is 1. The van der Waals surface area contributed by atoms with Gasteiger partial charge < -0.3 is 6.53 Å². The Balaban J connectivity index is -0.00000162. The van der Waals surface area contributed by atoms with Crippen LogP contribution in [0.25, 0.3) is 0 Å². The van der Waals surface area contributed by atoms with Crippen molar-refractivity contribution in [3.05, 3.63) is 0 Å². The topological polar surface area (TPSA) is 40.5 Å². The van der Waals surface area contributed by atoms with E-state index in [1.165, 1.54) is 57.8 Å². The van der Waals surface area contributed by atoms with Gasteiger partial charge in [0, 0.05) is 0 Å². The van der Waals surface area contributed by atoms with Gasteiger partial charge in [0.25, 0.3) is 0 Å². The molecule has 0 aliphatic carbocycles. The molecule has 0 aliphatic heterocycles. The van der Waals surface area contributed by atoms with E-state index in [0.717, 1.165) is 13.0 Å². The Morgan fingerprint density at radius 2 is 1.40 bits per heavy atom. The summed E-state index contributed by atoms with van der Waals surface area (Å²) in [6, 6.07) is -0.362. The molecule has 0 aliphatic rings. The van der Waals surface area contributed by atoms with Crippen LogP contribution in [0, 0.1) is 0 Å². The molecule has 116 valence electrons. The summed E-state index contributed by atoms with van der Waals surface area (Å²) in [4.78, 5) is 12.7. The van der Waals surface area contributed by atoms with E-state index < -0.39 is 5.97 Å². The van der Waals surface area contributed by atoms with Crippen molar-refractivity contribution >= 4 is 5.97 Å². The first-order chi connectivity index (χ1) is 9.09. The van der Waals surface area contributed by atoms with Gasteiger partial charge in [-0.15, -0.1) is 0 Å². The van der Waals surface area contributed by atoms with Crippen LogP contribution in [0.2, 0.25) is 0 Å². The average Bonchev–Trinajstić information content (AvgIpc) is 2.39. The Kier molecular flexibility index (Phi) is 18.0. The maximum atomic E-state index is 10.8. The van der Waals surface area contributed by atoms with Crippen LogP contribution >= 0.6 is 0 Å². The maximum absolute atomic E-state index is 10.8. The van der Waals surface area contributed by atoms with Crippen molar-refractivity contribution in [1.82, 2.24) is 4.90 Å². The van der Waals surface area contributed by atoms with Gasteiger partial charge in [-0.25, -0.2) is 0 Å². The van der Waals surface area contributed by atoms with Crippen LogP contribution in [-0.2, 0) is 4.79 Å². The van der Waals surface area contributed by atoms with Crippen LogP contribution in [0.15, 0.2) is 0 Å². The molecule has 1 unspecified atom stereocenters. The van der Waals surface area contributed by atoms with Crippen molar-refractivity contribution in [3.8, 4) is 0 Å². The number of carboxylic acids is 1. The second kappa shape index (κ2) is 15.8. The van der Waals surface area contributed by atoms with Crippen molar-refractivity contribution < 1.29 is 40.9 Å². The molecule has 3 nitrogen and oxygen atoms in total. The van der Waals surface area contributed by atoms with E-state index >= 15 is 0 Å². The van der Waals surface area contributed by atoms with Gasteiger partial charge >= 0.3 is 35.5 Å². The predicted octanol–water partition coefficient (Wildman–Crippen LogP) is 1.43. The normalized spacial score (nSPS) is 12.2. The fourth-order valence-corrected chi connectivity index (χ4v) is 2.23. The number of unbranched alkanes of at least 4 members (excludes halogenated alkanes) is 9. The van der Waals surface area contributed by atoms with Gasteiger partial charge in [0.15, 0.2) is 0 Å². The van der Waals surface area contributed by atoms with E-state index in [1.54, 1.807) is 6.92 Å². The molecule has 0 fully saturated rings. The second-order valence-electron chi connectivity index (χ2n) is 5.68. The minimum Gasteiger partial charge on any atom is -1.00 e. The van der Waals surface area contributed by atoms with Crippen LogP contribution in [0.4, 0.5) is 0 Å². The summed E-state index contributed by atoms with van der Waals surface area (Å²) in [6.45, 7) is 4.89. The van der Waals surface area contributed by atoms with Gasteiger partial charge in [0.05, 0.1) is 0 Å². The smallest absolute Gasteiger partial charge is 1.00 e. The van der Waals surface area contributed by atoms with Crippen molar-refractivity contribution in [3.63, 3.8) is 0 Å². The average molecular weight is 295 g/mol. The number of carbonyl (C=O) groups is 1. The number of nitrogens with zero attached hydrogens (tertiary/aromatic N) is 1. The molecular formula is C16H34NNaO2. The number of likely N-dealkylation sites (N-methyl/N-ethyl adjacent to an activating group) is 1. The van der Waals surface area contributed by atoms with Crippen LogP contribution < -0.4 is 29.6 Å². The third-order valence-corrected chi connectivity index (χ3v) is 3.88. The molecule has 1 N–H and O–H groups in total. The monoisotopic (exact) mass is 295 g/mol. The zero-order valence-electron chi connectivity index (χ0n) is 15.2. The molecule has 0 aromatic rings. The predicted molar refractivity (Wildman–Crippen MR) is 82.7 cm³/mol. The van der Waals surface area contributed by atoms with Crippen molar-refractivity contribution in [2.45, 2.75) is 84.1 Å². The second-order valence-corrected chi connectivity index (χ2v) is 5.68. The number of aliphatic carboxylic acids is 1. The molecule has 0 aromatic carbocycles. The molecule has 0 amide bonds. The summed E-state index contributed by atoms with van der Waals surface area (Å²) < 4.78 is 0. The van der Waals surface area contributed by atoms with Crippen LogP contribution in [0.1, 0.15) is 79.5 Å². The standard InChI is InChI=1S/C16H33NO2.Na.H/c1-4-5-6-7-8-9-10-11-12-13-14-17(3)15(2)16(18)19;;/h15H,4-14H2,1-3H3,(H,18,19);;/q;+1;-1. The molecule has 0 heterocycles. The Bertz CT molecular complexity index is 230. The molecular weight excluding hydrogens is 261 g/mol. The molecule has 20 heavy (non-hydrogen) atoms. The third-order valence-electron chi connectivity index (χ3n) is 3.88. The fourth-order valence-electron chi connectivity index (χ4n) is 2.23. The molecule has 4 heteroatoms. The summed E-state index contributed by atoms with van der Waals surface area (Å²) in [7, 11) is 1.90. The zero-order valence-corrected chi connectivity index (χ0v) is 16.2. The molecule has 0 spiro atoms. The third kappa shape index (κ3) is 13.4. The van der Waals surface area contributed by atoms with Gasteiger partial charge in [0.1, 0.15) is 6.04 Å². The molecule has 0 bridgehead atoms. The number of rotatable bonds is 13. The van der Waals surface area contributed by atoms with Crippen molar-refractivity contribution in [2.24, 2.45) is 0 Å². The minimum atomic E-state index is -0.727. The Morgan fingerprint density at radius 1 is 1.00 bits per heavy atom. The van der Waals surface area contributed by atoms with Gasteiger partial charge in [-0.05, 0) is 26.9 Å². The van der Waals surface area contributed by atoms with Crippen molar-refractivity contribution in [1.29, 1.82) is 0 Å². The van der Waals surface area contributed by atoms with Gasteiger partial charge in [-0.1, -0.05) is 64.7 Å². The first-order valence-corrected chi connectivity index (χ1v) is 8.02. The van der Waals surface area contributed by atoms with Crippen LogP contribution in [0.3, 0.4) is 0 Å². The summed E-state index contributed by atoms with van der Waals surface area (Å²) in [5.41, 5.74) is 0. The molecule has 0 radical (unpaired) electrons. The minimum absolute atomic E-state index is 0. The fraction of sp³-hybridized carbons (Fsp3) is 0.938. The van der Waals surface area contributed by atoms with Gasteiger partial charge in [-0.3, -0.25) is 9.69 Å². The zero-order chi connectivity index (χ0) is 14.5. The Labute approximate surface area is 149 Å². The van der Waals surface area contributed by atoms with E-state index in [0.29, 0.717) is 0 Å². The number of hydrogen-bond donors (Lipinski definition) is 1. The summed E-state index contributed by atoms with van der Waals surface area (Å²) >= 11 is 0. The Hall–Kier alpha value is 0.430. The number of hydrogen-bond acceptors (Lipinski definition) is 2. The molecule has 0 saturated carbocycles.